The molecule has 20 heavy (non-hydrogen) atoms. The van der Waals surface area contributed by atoms with Gasteiger partial charge in [0.25, 0.3) is 20.2 Å². The van der Waals surface area contributed by atoms with Gasteiger partial charge in [0, 0.05) is 16.8 Å². The summed E-state index contributed by atoms with van der Waals surface area (Å²) in [4.78, 5) is -1.60. The van der Waals surface area contributed by atoms with Crippen LogP contribution in [0, 0.1) is 0 Å². The summed E-state index contributed by atoms with van der Waals surface area (Å²) in [7, 11) is -9.56. The van der Waals surface area contributed by atoms with E-state index in [1.54, 1.807) is 0 Å². The molecule has 2 rings (SSSR count). The summed E-state index contributed by atoms with van der Waals surface area (Å²) in [5, 5.41) is 18.2. The lowest BCUT2D eigenvalue weighted by molar-refractivity contribution is 0.405. The van der Waals surface area contributed by atoms with Crippen LogP contribution in [0.1, 0.15) is 0 Å². The maximum Gasteiger partial charge on any atom is 0.295 e. The second-order valence-corrected chi connectivity index (χ2v) is 6.65. The van der Waals surface area contributed by atoms with E-state index < -0.39 is 46.9 Å². The monoisotopic (exact) mass is 320 g/mol. The Hall–Kier alpha value is -1.88. The Morgan fingerprint density at radius 3 is 1.90 bits per heavy atom. The zero-order valence-electron chi connectivity index (χ0n) is 9.55. The lowest BCUT2D eigenvalue weighted by atomic mass is 10.1. The SMILES string of the molecule is O=S(=O)(O)c1cc(O)c(O)c2c(S(=O)(=O)O)cccc12. The highest BCUT2D eigenvalue weighted by Crippen LogP contribution is 2.41. The van der Waals surface area contributed by atoms with Gasteiger partial charge in [-0.25, -0.2) is 0 Å². The standard InChI is InChI=1S/C10H8O8S2/c11-6-4-8(20(16,17)18)5-2-1-3-7(19(13,14)15)9(5)10(6)12/h1-4,11-12H,(H,13,14,15)(H,16,17,18). The van der Waals surface area contributed by atoms with E-state index in [1.165, 1.54) is 0 Å². The average molecular weight is 320 g/mol. The summed E-state index contributed by atoms with van der Waals surface area (Å²) >= 11 is 0. The van der Waals surface area contributed by atoms with Crippen molar-refractivity contribution in [1.82, 2.24) is 0 Å². The highest BCUT2D eigenvalue weighted by Gasteiger charge is 2.24. The third-order valence-electron chi connectivity index (χ3n) is 2.59. The fourth-order valence-electron chi connectivity index (χ4n) is 1.81. The van der Waals surface area contributed by atoms with Crippen LogP contribution in [0.5, 0.6) is 11.5 Å². The molecule has 0 saturated heterocycles. The van der Waals surface area contributed by atoms with Crippen molar-refractivity contribution < 1.29 is 36.2 Å². The van der Waals surface area contributed by atoms with Gasteiger partial charge >= 0.3 is 0 Å². The number of phenolic OH excluding ortho intramolecular Hbond substituents is 2. The second-order valence-electron chi connectivity index (χ2n) is 3.87. The summed E-state index contributed by atoms with van der Waals surface area (Å²) in [5.41, 5.74) is 0. The zero-order chi connectivity index (χ0) is 15.3. The number of phenols is 2. The Morgan fingerprint density at radius 1 is 0.850 bits per heavy atom. The van der Waals surface area contributed by atoms with Crippen molar-refractivity contribution in [3.8, 4) is 11.5 Å². The first-order valence-corrected chi connectivity index (χ1v) is 7.84. The molecule has 0 fully saturated rings. The first-order chi connectivity index (χ1) is 9.03. The predicted molar refractivity (Wildman–Crippen MR) is 66.9 cm³/mol. The van der Waals surface area contributed by atoms with Gasteiger partial charge in [0.1, 0.15) is 9.79 Å². The molecular weight excluding hydrogens is 312 g/mol. The van der Waals surface area contributed by atoms with Crippen molar-refractivity contribution in [1.29, 1.82) is 0 Å². The number of fused-ring (bicyclic) bond motifs is 1. The Balaban J connectivity index is 3.17. The Bertz CT molecular complexity index is 882. The van der Waals surface area contributed by atoms with Crippen molar-refractivity contribution in [2.24, 2.45) is 0 Å². The minimum Gasteiger partial charge on any atom is -0.504 e. The maximum atomic E-state index is 11.2. The van der Waals surface area contributed by atoms with Crippen LogP contribution in [0.4, 0.5) is 0 Å². The van der Waals surface area contributed by atoms with Crippen molar-refractivity contribution >= 4 is 31.0 Å². The van der Waals surface area contributed by atoms with Crippen molar-refractivity contribution in [2.75, 3.05) is 0 Å². The molecule has 0 aromatic heterocycles. The molecule has 108 valence electrons. The third-order valence-corrected chi connectivity index (χ3v) is 4.38. The van der Waals surface area contributed by atoms with Gasteiger partial charge in [-0.1, -0.05) is 12.1 Å². The van der Waals surface area contributed by atoms with Crippen LogP contribution in [0.15, 0.2) is 34.1 Å². The molecule has 0 saturated carbocycles. The molecule has 0 spiro atoms. The van der Waals surface area contributed by atoms with Crippen LogP contribution in [-0.2, 0) is 20.2 Å². The Labute approximate surface area is 113 Å². The predicted octanol–water partition coefficient (Wildman–Crippen LogP) is 0.744. The van der Waals surface area contributed by atoms with Crippen LogP contribution in [-0.4, -0.2) is 36.2 Å². The van der Waals surface area contributed by atoms with Gasteiger partial charge in [-0.15, -0.1) is 0 Å². The fourth-order valence-corrected chi connectivity index (χ4v) is 3.23. The molecule has 0 unspecified atom stereocenters. The van der Waals surface area contributed by atoms with Gasteiger partial charge in [0.05, 0.1) is 0 Å². The smallest absolute Gasteiger partial charge is 0.295 e. The maximum absolute atomic E-state index is 11.2. The molecule has 0 atom stereocenters. The van der Waals surface area contributed by atoms with Crippen LogP contribution >= 0.6 is 0 Å². The van der Waals surface area contributed by atoms with Gasteiger partial charge in [-0.05, 0) is 6.07 Å². The summed E-state index contributed by atoms with van der Waals surface area (Å²) in [6, 6.07) is 3.69. The van der Waals surface area contributed by atoms with E-state index in [0.717, 1.165) is 18.2 Å². The van der Waals surface area contributed by atoms with E-state index in [4.69, 9.17) is 9.11 Å². The number of hydrogen-bond acceptors (Lipinski definition) is 6. The molecule has 0 aliphatic rings. The molecule has 4 N–H and O–H groups in total. The number of hydrogen-bond donors (Lipinski definition) is 4. The summed E-state index contributed by atoms with van der Waals surface area (Å²) in [6.07, 6.45) is 0. The minimum absolute atomic E-state index is 0.363. The largest absolute Gasteiger partial charge is 0.504 e. The molecule has 0 radical (unpaired) electrons. The van der Waals surface area contributed by atoms with Gasteiger partial charge in [-0.2, -0.15) is 16.8 Å². The summed E-state index contributed by atoms with van der Waals surface area (Å²) in [5.74, 6) is -1.89. The van der Waals surface area contributed by atoms with Crippen molar-refractivity contribution in [2.45, 2.75) is 9.79 Å². The van der Waals surface area contributed by atoms with Crippen molar-refractivity contribution in [3.05, 3.63) is 24.3 Å². The molecule has 0 heterocycles. The third kappa shape index (κ3) is 2.29. The highest BCUT2D eigenvalue weighted by molar-refractivity contribution is 7.86. The van der Waals surface area contributed by atoms with Crippen LogP contribution in [0.2, 0.25) is 0 Å². The van der Waals surface area contributed by atoms with Gasteiger partial charge in [0.15, 0.2) is 11.5 Å². The minimum atomic E-state index is -4.78. The molecule has 0 bridgehead atoms. The summed E-state index contributed by atoms with van der Waals surface area (Å²) in [6.45, 7) is 0. The van der Waals surface area contributed by atoms with Crippen LogP contribution in [0.25, 0.3) is 10.8 Å². The van der Waals surface area contributed by atoms with Crippen LogP contribution < -0.4 is 0 Å². The molecule has 2 aromatic carbocycles. The number of rotatable bonds is 2. The van der Waals surface area contributed by atoms with E-state index in [-0.39, 0.29) is 5.39 Å². The molecule has 2 aromatic rings. The quantitative estimate of drug-likeness (QED) is 0.467. The van der Waals surface area contributed by atoms with E-state index in [9.17, 15) is 27.0 Å². The number of benzene rings is 2. The molecule has 8 nitrogen and oxygen atoms in total. The average Bonchev–Trinajstić information content (AvgIpc) is 2.30. The van der Waals surface area contributed by atoms with Crippen molar-refractivity contribution in [3.63, 3.8) is 0 Å². The Kier molecular flexibility index (Phi) is 3.13. The molecule has 0 aliphatic carbocycles. The van der Waals surface area contributed by atoms with E-state index >= 15 is 0 Å². The summed E-state index contributed by atoms with van der Waals surface area (Å²) < 4.78 is 63.0. The first-order valence-electron chi connectivity index (χ1n) is 4.96. The van der Waals surface area contributed by atoms with Crippen LogP contribution in [0.3, 0.4) is 0 Å². The van der Waals surface area contributed by atoms with Gasteiger partial charge in [0.2, 0.25) is 0 Å². The Morgan fingerprint density at radius 2 is 1.40 bits per heavy atom. The molecule has 0 amide bonds. The lowest BCUT2D eigenvalue weighted by Crippen LogP contribution is -2.03. The van der Waals surface area contributed by atoms with E-state index in [2.05, 4.69) is 0 Å². The molecular formula is C10H8O8S2. The van der Waals surface area contributed by atoms with Gasteiger partial charge < -0.3 is 10.2 Å². The number of aromatic hydroxyl groups is 2. The first kappa shape index (κ1) is 14.5. The lowest BCUT2D eigenvalue weighted by Gasteiger charge is -2.10. The fraction of sp³-hybridized carbons (Fsp3) is 0. The topological polar surface area (TPSA) is 149 Å². The zero-order valence-corrected chi connectivity index (χ0v) is 11.2. The van der Waals surface area contributed by atoms with E-state index in [1.807, 2.05) is 0 Å². The normalized spacial score (nSPS) is 12.7. The van der Waals surface area contributed by atoms with Gasteiger partial charge in [-0.3, -0.25) is 9.11 Å². The van der Waals surface area contributed by atoms with E-state index in [0.29, 0.717) is 6.07 Å². The highest BCUT2D eigenvalue weighted by atomic mass is 32.2. The molecule has 10 heteroatoms. The second kappa shape index (κ2) is 4.31. The molecule has 0 aliphatic heterocycles.